The van der Waals surface area contributed by atoms with Gasteiger partial charge in [0.05, 0.1) is 5.02 Å². The molecule has 1 saturated carbocycles. The van der Waals surface area contributed by atoms with Gasteiger partial charge < -0.3 is 0 Å². The molecule has 0 saturated heterocycles. The molecule has 114 valence electrons. The predicted molar refractivity (Wildman–Crippen MR) is 91.7 cm³/mol. The minimum Gasteiger partial charge on any atom is -0.205 e. The molecule has 0 amide bonds. The second kappa shape index (κ2) is 6.66. The van der Waals surface area contributed by atoms with Crippen LogP contribution in [0.25, 0.3) is 11.1 Å². The summed E-state index contributed by atoms with van der Waals surface area (Å²) in [5, 5.41) is 0.166. The van der Waals surface area contributed by atoms with E-state index < -0.39 is 0 Å². The number of benzene rings is 2. The van der Waals surface area contributed by atoms with Crippen LogP contribution in [0.15, 0.2) is 55.1 Å². The van der Waals surface area contributed by atoms with Gasteiger partial charge in [-0.15, -0.1) is 6.58 Å². The first kappa shape index (κ1) is 15.3. The van der Waals surface area contributed by atoms with Gasteiger partial charge in [-0.1, -0.05) is 48.0 Å². The molecule has 0 bridgehead atoms. The third-order valence-corrected chi connectivity index (χ3v) is 5.05. The van der Waals surface area contributed by atoms with Crippen LogP contribution < -0.4 is 0 Å². The van der Waals surface area contributed by atoms with E-state index in [4.69, 9.17) is 11.6 Å². The molecular weight excluding hydrogens is 295 g/mol. The summed E-state index contributed by atoms with van der Waals surface area (Å²) < 4.78 is 13.6. The van der Waals surface area contributed by atoms with Crippen molar-refractivity contribution in [2.45, 2.75) is 31.6 Å². The molecule has 0 N–H and O–H groups in total. The molecule has 1 fully saturated rings. The van der Waals surface area contributed by atoms with E-state index in [9.17, 15) is 4.39 Å². The molecule has 2 aromatic rings. The summed E-state index contributed by atoms with van der Waals surface area (Å²) in [6.45, 7) is 3.90. The summed E-state index contributed by atoms with van der Waals surface area (Å²) in [6, 6.07) is 13.5. The van der Waals surface area contributed by atoms with Gasteiger partial charge in [0.2, 0.25) is 0 Å². The first-order chi connectivity index (χ1) is 10.7. The van der Waals surface area contributed by atoms with Crippen LogP contribution in [0.3, 0.4) is 0 Å². The Kier molecular flexibility index (Phi) is 4.63. The predicted octanol–water partition coefficient (Wildman–Crippen LogP) is 6.61. The van der Waals surface area contributed by atoms with Gasteiger partial charge in [0.15, 0.2) is 0 Å². The number of allylic oxidation sites excluding steroid dienone is 1. The Bertz CT molecular complexity index is 652. The van der Waals surface area contributed by atoms with E-state index >= 15 is 0 Å². The lowest BCUT2D eigenvalue weighted by Gasteiger charge is -2.27. The average Bonchev–Trinajstić information content (AvgIpc) is 2.58. The molecule has 0 aliphatic heterocycles. The third kappa shape index (κ3) is 3.25. The molecule has 2 heteroatoms. The van der Waals surface area contributed by atoms with Crippen molar-refractivity contribution in [2.24, 2.45) is 5.92 Å². The fourth-order valence-corrected chi connectivity index (χ4v) is 3.43. The van der Waals surface area contributed by atoms with Gasteiger partial charge in [-0.05, 0) is 66.3 Å². The highest BCUT2D eigenvalue weighted by atomic mass is 35.5. The molecule has 1 aliphatic carbocycles. The topological polar surface area (TPSA) is 0 Å². The Morgan fingerprint density at radius 1 is 0.955 bits per heavy atom. The van der Waals surface area contributed by atoms with Crippen molar-refractivity contribution in [2.75, 3.05) is 0 Å². The van der Waals surface area contributed by atoms with Crippen molar-refractivity contribution in [1.29, 1.82) is 0 Å². The van der Waals surface area contributed by atoms with Crippen molar-refractivity contribution in [3.8, 4) is 11.1 Å². The van der Waals surface area contributed by atoms with E-state index in [0.29, 0.717) is 11.8 Å². The lowest BCUT2D eigenvalue weighted by Crippen LogP contribution is -2.11. The lowest BCUT2D eigenvalue weighted by molar-refractivity contribution is 0.376. The molecule has 3 rings (SSSR count). The van der Waals surface area contributed by atoms with Crippen molar-refractivity contribution in [1.82, 2.24) is 0 Å². The van der Waals surface area contributed by atoms with Crippen LogP contribution in [0.5, 0.6) is 0 Å². The van der Waals surface area contributed by atoms with Gasteiger partial charge in [-0.25, -0.2) is 4.39 Å². The van der Waals surface area contributed by atoms with Crippen molar-refractivity contribution >= 4 is 11.6 Å². The smallest absolute Gasteiger partial charge is 0.142 e. The van der Waals surface area contributed by atoms with Crippen molar-refractivity contribution in [3.05, 3.63) is 71.5 Å². The van der Waals surface area contributed by atoms with Crippen LogP contribution in [0, 0.1) is 11.7 Å². The molecule has 0 radical (unpaired) electrons. The van der Waals surface area contributed by atoms with Crippen molar-refractivity contribution < 1.29 is 4.39 Å². The first-order valence-corrected chi connectivity index (χ1v) is 8.23. The monoisotopic (exact) mass is 314 g/mol. The van der Waals surface area contributed by atoms with Gasteiger partial charge in [-0.2, -0.15) is 0 Å². The number of rotatable bonds is 3. The summed E-state index contributed by atoms with van der Waals surface area (Å²) in [6.07, 6.45) is 7.02. The quantitative estimate of drug-likeness (QED) is 0.559. The van der Waals surface area contributed by atoms with Crippen LogP contribution >= 0.6 is 11.6 Å². The second-order valence-corrected chi connectivity index (χ2v) is 6.51. The first-order valence-electron chi connectivity index (χ1n) is 7.85. The maximum atomic E-state index is 13.6. The van der Waals surface area contributed by atoms with Gasteiger partial charge in [0, 0.05) is 0 Å². The standard InChI is InChI=1S/C20H20ClF/c1-2-14-3-5-15(6-4-14)16-7-9-17(10-8-16)18-11-12-19(21)20(22)13-18/h2,7-15H,1,3-6H2. The highest BCUT2D eigenvalue weighted by Gasteiger charge is 2.20. The van der Waals surface area contributed by atoms with E-state index in [1.54, 1.807) is 6.07 Å². The Morgan fingerprint density at radius 3 is 2.18 bits per heavy atom. The molecule has 0 aromatic heterocycles. The second-order valence-electron chi connectivity index (χ2n) is 6.10. The van der Waals surface area contributed by atoms with Crippen LogP contribution in [0.4, 0.5) is 4.39 Å². The minimum absolute atomic E-state index is 0.166. The number of halogens is 2. The summed E-state index contributed by atoms with van der Waals surface area (Å²) in [5.41, 5.74) is 3.28. The molecule has 0 heterocycles. The molecule has 0 nitrogen and oxygen atoms in total. The van der Waals surface area contributed by atoms with Gasteiger partial charge in [0.1, 0.15) is 5.82 Å². The number of hydrogen-bond acceptors (Lipinski definition) is 0. The van der Waals surface area contributed by atoms with E-state index in [1.807, 2.05) is 6.07 Å². The van der Waals surface area contributed by atoms with Crippen LogP contribution in [0.1, 0.15) is 37.2 Å². The highest BCUT2D eigenvalue weighted by Crippen LogP contribution is 2.36. The molecule has 0 spiro atoms. The van der Waals surface area contributed by atoms with Gasteiger partial charge in [0.25, 0.3) is 0 Å². The molecule has 0 unspecified atom stereocenters. The summed E-state index contributed by atoms with van der Waals surface area (Å²) in [7, 11) is 0. The number of hydrogen-bond donors (Lipinski definition) is 0. The Morgan fingerprint density at radius 2 is 1.59 bits per heavy atom. The van der Waals surface area contributed by atoms with Crippen molar-refractivity contribution in [3.63, 3.8) is 0 Å². The normalized spacial score (nSPS) is 21.5. The fraction of sp³-hybridized carbons (Fsp3) is 0.300. The lowest BCUT2D eigenvalue weighted by atomic mass is 9.78. The van der Waals surface area contributed by atoms with E-state index in [2.05, 4.69) is 36.9 Å². The maximum absolute atomic E-state index is 13.6. The third-order valence-electron chi connectivity index (χ3n) is 4.74. The molecule has 0 atom stereocenters. The Balaban J connectivity index is 1.75. The molecular formula is C20H20ClF. The summed E-state index contributed by atoms with van der Waals surface area (Å²) >= 11 is 5.74. The summed E-state index contributed by atoms with van der Waals surface area (Å²) in [5.74, 6) is 0.964. The molecule has 22 heavy (non-hydrogen) atoms. The van der Waals surface area contributed by atoms with Gasteiger partial charge in [-0.3, -0.25) is 0 Å². The summed E-state index contributed by atoms with van der Waals surface area (Å²) in [4.78, 5) is 0. The van der Waals surface area contributed by atoms with Crippen LogP contribution in [0.2, 0.25) is 5.02 Å². The zero-order valence-electron chi connectivity index (χ0n) is 12.6. The zero-order valence-corrected chi connectivity index (χ0v) is 13.3. The SMILES string of the molecule is C=CC1CCC(c2ccc(-c3ccc(Cl)c(F)c3)cc2)CC1. The van der Waals surface area contributed by atoms with E-state index in [-0.39, 0.29) is 10.8 Å². The molecule has 1 aliphatic rings. The van der Waals surface area contributed by atoms with E-state index in [1.165, 1.54) is 37.3 Å². The van der Waals surface area contributed by atoms with Crippen LogP contribution in [-0.4, -0.2) is 0 Å². The maximum Gasteiger partial charge on any atom is 0.142 e. The largest absolute Gasteiger partial charge is 0.205 e. The average molecular weight is 315 g/mol. The Hall–Kier alpha value is -1.60. The zero-order chi connectivity index (χ0) is 15.5. The molecule has 2 aromatic carbocycles. The minimum atomic E-state index is -0.369. The Labute approximate surface area is 136 Å². The fourth-order valence-electron chi connectivity index (χ4n) is 3.31. The van der Waals surface area contributed by atoms with Gasteiger partial charge >= 0.3 is 0 Å². The van der Waals surface area contributed by atoms with E-state index in [0.717, 1.165) is 11.1 Å². The highest BCUT2D eigenvalue weighted by molar-refractivity contribution is 6.30. The van der Waals surface area contributed by atoms with Crippen LogP contribution in [-0.2, 0) is 0 Å².